The van der Waals surface area contributed by atoms with Gasteiger partial charge in [0.2, 0.25) is 5.89 Å². The van der Waals surface area contributed by atoms with Crippen molar-refractivity contribution < 1.29 is 14.1 Å². The molecule has 0 atom stereocenters. The number of non-ortho nitro benzene ring substituents is 1. The first-order valence-corrected chi connectivity index (χ1v) is 7.54. The second-order valence-corrected chi connectivity index (χ2v) is 5.39. The van der Waals surface area contributed by atoms with E-state index >= 15 is 0 Å². The Hall–Kier alpha value is -3.19. The maximum atomic E-state index is 10.7. The fourth-order valence-electron chi connectivity index (χ4n) is 2.07. The Kier molecular flexibility index (Phi) is 4.76. The maximum absolute atomic E-state index is 10.7. The second kappa shape index (κ2) is 7.14. The van der Waals surface area contributed by atoms with E-state index in [0.29, 0.717) is 5.56 Å². The minimum atomic E-state index is -0.475. The number of methoxy groups -OCH3 is 1. The number of hydrogen-bond donors (Lipinski definition) is 0. The van der Waals surface area contributed by atoms with Gasteiger partial charge in [-0.15, -0.1) is 10.2 Å². The molecule has 126 valence electrons. The van der Waals surface area contributed by atoms with E-state index in [1.54, 1.807) is 13.2 Å². The third-order valence-electron chi connectivity index (χ3n) is 3.36. The zero-order valence-corrected chi connectivity index (χ0v) is 13.8. The van der Waals surface area contributed by atoms with Crippen molar-refractivity contribution in [3.63, 3.8) is 0 Å². The lowest BCUT2D eigenvalue weighted by molar-refractivity contribution is -0.384. The highest BCUT2D eigenvalue weighted by molar-refractivity contribution is 6.50. The largest absolute Gasteiger partial charge is 0.497 e. The number of benzene rings is 2. The van der Waals surface area contributed by atoms with Gasteiger partial charge in [-0.2, -0.15) is 0 Å². The summed E-state index contributed by atoms with van der Waals surface area (Å²) in [5, 5.41) is 18.8. The highest BCUT2D eigenvalue weighted by atomic mass is 35.5. The van der Waals surface area contributed by atoms with Crippen molar-refractivity contribution in [3.8, 4) is 17.2 Å². The van der Waals surface area contributed by atoms with Crippen molar-refractivity contribution in [2.45, 2.75) is 0 Å². The van der Waals surface area contributed by atoms with Crippen LogP contribution in [0.3, 0.4) is 0 Å². The van der Waals surface area contributed by atoms with Gasteiger partial charge in [-0.05, 0) is 35.9 Å². The minimum absolute atomic E-state index is 0.0130. The van der Waals surface area contributed by atoms with Crippen LogP contribution >= 0.6 is 11.6 Å². The molecule has 0 N–H and O–H groups in total. The molecule has 0 radical (unpaired) electrons. The molecule has 8 heteroatoms. The molecule has 0 amide bonds. The molecule has 1 heterocycles. The van der Waals surface area contributed by atoms with Crippen molar-refractivity contribution in [1.29, 1.82) is 0 Å². The topological polar surface area (TPSA) is 91.3 Å². The zero-order valence-electron chi connectivity index (χ0n) is 13.0. The van der Waals surface area contributed by atoms with Crippen molar-refractivity contribution in [2.75, 3.05) is 7.11 Å². The normalized spacial score (nSPS) is 11.4. The van der Waals surface area contributed by atoms with E-state index in [1.165, 1.54) is 24.3 Å². The van der Waals surface area contributed by atoms with Gasteiger partial charge in [-0.1, -0.05) is 23.7 Å². The van der Waals surface area contributed by atoms with E-state index in [0.717, 1.165) is 11.3 Å². The van der Waals surface area contributed by atoms with E-state index < -0.39 is 4.92 Å². The molecule has 7 nitrogen and oxygen atoms in total. The van der Waals surface area contributed by atoms with Crippen LogP contribution in [0, 0.1) is 10.1 Å². The van der Waals surface area contributed by atoms with Gasteiger partial charge in [-0.3, -0.25) is 10.1 Å². The molecule has 0 saturated heterocycles. The Morgan fingerprint density at radius 3 is 2.44 bits per heavy atom. The summed E-state index contributed by atoms with van der Waals surface area (Å²) in [7, 11) is 1.59. The summed E-state index contributed by atoms with van der Waals surface area (Å²) in [6, 6.07) is 13.1. The number of nitro groups is 1. The third kappa shape index (κ3) is 3.84. The number of nitro benzene ring substituents is 1. The fourth-order valence-corrected chi connectivity index (χ4v) is 2.27. The average molecular weight is 358 g/mol. The number of hydrogen-bond acceptors (Lipinski definition) is 6. The van der Waals surface area contributed by atoms with Gasteiger partial charge >= 0.3 is 0 Å². The van der Waals surface area contributed by atoms with E-state index in [2.05, 4.69) is 10.2 Å². The summed E-state index contributed by atoms with van der Waals surface area (Å²) in [6.45, 7) is 0. The molecule has 0 aliphatic carbocycles. The van der Waals surface area contributed by atoms with Gasteiger partial charge in [0.05, 0.1) is 12.0 Å². The van der Waals surface area contributed by atoms with E-state index in [-0.39, 0.29) is 22.5 Å². The lowest BCUT2D eigenvalue weighted by Gasteiger charge is -1.99. The Labute approximate surface area is 147 Å². The smallest absolute Gasteiger partial charge is 0.269 e. The molecule has 0 fully saturated rings. The number of rotatable bonds is 5. The number of aromatic nitrogens is 2. The summed E-state index contributed by atoms with van der Waals surface area (Å²) >= 11 is 6.23. The fraction of sp³-hybridized carbons (Fsp3) is 0.0588. The zero-order chi connectivity index (χ0) is 17.8. The van der Waals surface area contributed by atoms with Crippen LogP contribution in [0.25, 0.3) is 22.6 Å². The number of nitrogens with zero attached hydrogens (tertiary/aromatic N) is 3. The van der Waals surface area contributed by atoms with Gasteiger partial charge in [0.1, 0.15) is 10.8 Å². The lowest BCUT2D eigenvalue weighted by atomic mass is 10.2. The molecule has 0 unspecified atom stereocenters. The molecule has 0 saturated carbocycles. The summed E-state index contributed by atoms with van der Waals surface area (Å²) in [5.74, 6) is 1.13. The predicted octanol–water partition coefficient (Wildman–Crippen LogP) is 4.39. The van der Waals surface area contributed by atoms with E-state index in [4.69, 9.17) is 20.8 Å². The van der Waals surface area contributed by atoms with Crippen molar-refractivity contribution in [1.82, 2.24) is 10.2 Å². The maximum Gasteiger partial charge on any atom is 0.269 e. The average Bonchev–Trinajstić information content (AvgIpc) is 3.13. The van der Waals surface area contributed by atoms with Crippen LogP contribution in [0.15, 0.2) is 52.9 Å². The van der Waals surface area contributed by atoms with Crippen LogP contribution in [-0.4, -0.2) is 22.2 Å². The van der Waals surface area contributed by atoms with Gasteiger partial charge in [0, 0.05) is 17.7 Å². The Balaban J connectivity index is 1.81. The monoisotopic (exact) mass is 357 g/mol. The first-order valence-electron chi connectivity index (χ1n) is 7.17. The van der Waals surface area contributed by atoms with Crippen LogP contribution in [0.5, 0.6) is 5.75 Å². The summed E-state index contributed by atoms with van der Waals surface area (Å²) in [5.41, 5.74) is 1.40. The van der Waals surface area contributed by atoms with Gasteiger partial charge in [0.15, 0.2) is 0 Å². The molecule has 0 spiro atoms. The van der Waals surface area contributed by atoms with Crippen molar-refractivity contribution in [3.05, 3.63) is 70.1 Å². The van der Waals surface area contributed by atoms with Crippen molar-refractivity contribution >= 4 is 28.4 Å². The van der Waals surface area contributed by atoms with Crippen LogP contribution in [0.4, 0.5) is 5.69 Å². The predicted molar refractivity (Wildman–Crippen MR) is 93.1 cm³/mol. The van der Waals surface area contributed by atoms with E-state index in [1.807, 2.05) is 24.3 Å². The first-order chi connectivity index (χ1) is 12.1. The van der Waals surface area contributed by atoms with Gasteiger partial charge < -0.3 is 9.15 Å². The Bertz CT molecular complexity index is 918. The quantitative estimate of drug-likeness (QED) is 0.496. The molecule has 0 aliphatic rings. The SMILES string of the molecule is COc1ccc(/C=C(\Cl)c2nnc(-c3ccc([N+](=O)[O-])cc3)o2)cc1. The van der Waals surface area contributed by atoms with Crippen LogP contribution in [-0.2, 0) is 0 Å². The third-order valence-corrected chi connectivity index (χ3v) is 3.63. The minimum Gasteiger partial charge on any atom is -0.497 e. The lowest BCUT2D eigenvalue weighted by Crippen LogP contribution is -1.87. The van der Waals surface area contributed by atoms with Crippen LogP contribution in [0.1, 0.15) is 11.5 Å². The number of ether oxygens (including phenoxy) is 1. The summed E-state index contributed by atoms with van der Waals surface area (Å²) < 4.78 is 10.6. The van der Waals surface area contributed by atoms with Gasteiger partial charge in [-0.25, -0.2) is 0 Å². The highest BCUT2D eigenvalue weighted by Crippen LogP contribution is 2.26. The summed E-state index contributed by atoms with van der Waals surface area (Å²) in [6.07, 6.45) is 1.69. The molecular formula is C17H12ClN3O4. The molecular weight excluding hydrogens is 346 g/mol. The highest BCUT2D eigenvalue weighted by Gasteiger charge is 2.13. The molecule has 3 rings (SSSR count). The van der Waals surface area contributed by atoms with Crippen LogP contribution < -0.4 is 4.74 Å². The number of halogens is 1. The van der Waals surface area contributed by atoms with Crippen molar-refractivity contribution in [2.24, 2.45) is 0 Å². The Morgan fingerprint density at radius 2 is 1.84 bits per heavy atom. The second-order valence-electron chi connectivity index (χ2n) is 4.98. The molecule has 1 aromatic heterocycles. The molecule has 25 heavy (non-hydrogen) atoms. The first kappa shape index (κ1) is 16.7. The van der Waals surface area contributed by atoms with Crippen LogP contribution in [0.2, 0.25) is 0 Å². The summed E-state index contributed by atoms with van der Waals surface area (Å²) in [4.78, 5) is 10.2. The van der Waals surface area contributed by atoms with Gasteiger partial charge in [0.25, 0.3) is 11.6 Å². The molecule has 0 bridgehead atoms. The standard InChI is InChI=1S/C17H12ClN3O4/c1-24-14-8-2-11(3-9-14)10-15(18)17-20-19-16(25-17)12-4-6-13(7-5-12)21(22)23/h2-10H,1H3/b15-10-. The molecule has 0 aliphatic heterocycles. The van der Waals surface area contributed by atoms with E-state index in [9.17, 15) is 10.1 Å². The molecule has 2 aromatic carbocycles. The Morgan fingerprint density at radius 1 is 1.16 bits per heavy atom. The molecule has 3 aromatic rings.